The number of piperidine rings is 1. The van der Waals surface area contributed by atoms with Crippen molar-refractivity contribution in [3.8, 4) is 0 Å². The highest BCUT2D eigenvalue weighted by Gasteiger charge is 2.55. The van der Waals surface area contributed by atoms with Gasteiger partial charge in [-0.05, 0) is 39.5 Å². The van der Waals surface area contributed by atoms with Gasteiger partial charge in [0, 0.05) is 12.6 Å². The van der Waals surface area contributed by atoms with Gasteiger partial charge in [-0.3, -0.25) is 4.79 Å². The van der Waals surface area contributed by atoms with Gasteiger partial charge >= 0.3 is 5.97 Å². The highest BCUT2D eigenvalue weighted by atomic mass is 32.2. The van der Waals surface area contributed by atoms with Crippen molar-refractivity contribution >= 4 is 16.0 Å². The van der Waals surface area contributed by atoms with Gasteiger partial charge in [0.25, 0.3) is 0 Å². The number of aliphatic carboxylic acids is 1. The lowest BCUT2D eigenvalue weighted by molar-refractivity contribution is -0.144. The van der Waals surface area contributed by atoms with Crippen molar-refractivity contribution in [2.45, 2.75) is 50.3 Å². The Morgan fingerprint density at radius 1 is 1.41 bits per heavy atom. The van der Waals surface area contributed by atoms with Crippen LogP contribution >= 0.6 is 0 Å². The molecule has 2 fully saturated rings. The summed E-state index contributed by atoms with van der Waals surface area (Å²) in [6.45, 7) is 3.92. The molecule has 6 heteroatoms. The van der Waals surface area contributed by atoms with Gasteiger partial charge in [0.1, 0.15) is 0 Å². The molecule has 0 aromatic rings. The fraction of sp³-hybridized carbons (Fsp3) is 0.909. The second-order valence-corrected chi connectivity index (χ2v) is 7.80. The first-order valence-electron chi connectivity index (χ1n) is 6.04. The van der Waals surface area contributed by atoms with E-state index in [1.165, 1.54) is 4.31 Å². The Hall–Kier alpha value is -0.620. The van der Waals surface area contributed by atoms with E-state index in [1.807, 2.05) is 0 Å². The van der Waals surface area contributed by atoms with Crippen molar-refractivity contribution in [3.63, 3.8) is 0 Å². The van der Waals surface area contributed by atoms with Crippen LogP contribution in [0.5, 0.6) is 0 Å². The summed E-state index contributed by atoms with van der Waals surface area (Å²) in [5.41, 5.74) is 0. The molecule has 1 aliphatic carbocycles. The molecule has 0 amide bonds. The summed E-state index contributed by atoms with van der Waals surface area (Å²) in [5.74, 6) is -1.46. The Morgan fingerprint density at radius 2 is 2.00 bits per heavy atom. The summed E-state index contributed by atoms with van der Waals surface area (Å²) in [6.07, 6.45) is 2.59. The molecule has 2 atom stereocenters. The molecule has 2 rings (SSSR count). The molecule has 0 aromatic heterocycles. The third-order valence-corrected chi connectivity index (χ3v) is 6.92. The summed E-state index contributed by atoms with van der Waals surface area (Å²) in [5, 5.41) is 9.09. The number of carboxylic acids is 1. The average molecular weight is 261 g/mol. The minimum absolute atomic E-state index is 0.427. The molecule has 0 unspecified atom stereocenters. The third-order valence-electron chi connectivity index (χ3n) is 4.13. The molecule has 1 aliphatic heterocycles. The first-order chi connectivity index (χ1) is 7.79. The van der Waals surface area contributed by atoms with Crippen molar-refractivity contribution < 1.29 is 18.3 Å². The monoisotopic (exact) mass is 261 g/mol. The standard InChI is InChI=1S/C11H19NO4S/c1-8-9(10(13)14)4-3-7-12(8)17(15,16)11(2)5-6-11/h8-9H,3-7H2,1-2H3,(H,13,14)/t8-,9-/m1/s1. The average Bonchev–Trinajstić information content (AvgIpc) is 2.97. The van der Waals surface area contributed by atoms with Crippen LogP contribution in [0.1, 0.15) is 39.5 Å². The SMILES string of the molecule is C[C@@H]1[C@H](C(=O)O)CCCN1S(=O)(=O)C1(C)CC1. The molecule has 1 N–H and O–H groups in total. The zero-order valence-corrected chi connectivity index (χ0v) is 11.0. The van der Waals surface area contributed by atoms with Crippen LogP contribution in [-0.2, 0) is 14.8 Å². The fourth-order valence-electron chi connectivity index (χ4n) is 2.50. The van der Waals surface area contributed by atoms with E-state index in [4.69, 9.17) is 5.11 Å². The molecule has 1 heterocycles. The fourth-order valence-corrected chi connectivity index (χ4v) is 4.64. The van der Waals surface area contributed by atoms with Crippen LogP contribution in [0.15, 0.2) is 0 Å². The molecule has 1 saturated heterocycles. The number of hydrogen-bond donors (Lipinski definition) is 1. The van der Waals surface area contributed by atoms with Gasteiger partial charge in [-0.1, -0.05) is 0 Å². The van der Waals surface area contributed by atoms with E-state index < -0.39 is 32.7 Å². The Morgan fingerprint density at radius 3 is 2.47 bits per heavy atom. The number of sulfonamides is 1. The predicted octanol–water partition coefficient (Wildman–Crippen LogP) is 1.05. The normalized spacial score (nSPS) is 33.3. The van der Waals surface area contributed by atoms with Crippen molar-refractivity contribution in [3.05, 3.63) is 0 Å². The number of rotatable bonds is 3. The number of hydrogen-bond acceptors (Lipinski definition) is 3. The summed E-state index contributed by atoms with van der Waals surface area (Å²) in [4.78, 5) is 11.1. The Labute approximate surface area is 102 Å². The minimum atomic E-state index is -3.33. The van der Waals surface area contributed by atoms with Gasteiger partial charge < -0.3 is 5.11 Å². The maximum absolute atomic E-state index is 12.4. The zero-order valence-electron chi connectivity index (χ0n) is 10.2. The Kier molecular flexibility index (Phi) is 2.98. The van der Waals surface area contributed by atoms with Gasteiger partial charge in [0.15, 0.2) is 0 Å². The number of carbonyl (C=O) groups is 1. The lowest BCUT2D eigenvalue weighted by Crippen LogP contribution is -2.52. The van der Waals surface area contributed by atoms with Gasteiger partial charge in [-0.15, -0.1) is 0 Å². The molecule has 0 radical (unpaired) electrons. The number of carboxylic acid groups (broad SMARTS) is 1. The zero-order chi connectivity index (χ0) is 12.8. The van der Waals surface area contributed by atoms with E-state index in [0.717, 1.165) is 0 Å². The van der Waals surface area contributed by atoms with E-state index in [9.17, 15) is 13.2 Å². The molecule has 1 saturated carbocycles. The van der Waals surface area contributed by atoms with Crippen LogP contribution in [0.3, 0.4) is 0 Å². The van der Waals surface area contributed by atoms with Crippen molar-refractivity contribution in [1.82, 2.24) is 4.31 Å². The summed E-state index contributed by atoms with van der Waals surface area (Å²) in [6, 6.07) is -0.427. The summed E-state index contributed by atoms with van der Waals surface area (Å²) >= 11 is 0. The molecule has 0 spiro atoms. The minimum Gasteiger partial charge on any atom is -0.481 e. The van der Waals surface area contributed by atoms with Gasteiger partial charge in [-0.25, -0.2) is 8.42 Å². The molecule has 5 nitrogen and oxygen atoms in total. The van der Waals surface area contributed by atoms with Crippen LogP contribution in [0, 0.1) is 5.92 Å². The lowest BCUT2D eigenvalue weighted by atomic mass is 9.92. The van der Waals surface area contributed by atoms with Crippen LogP contribution in [0.2, 0.25) is 0 Å². The second-order valence-electron chi connectivity index (χ2n) is 5.39. The lowest BCUT2D eigenvalue weighted by Gasteiger charge is -2.38. The van der Waals surface area contributed by atoms with Crippen LogP contribution in [0.4, 0.5) is 0 Å². The molecule has 0 bridgehead atoms. The Balaban J connectivity index is 2.24. The van der Waals surface area contributed by atoms with E-state index in [0.29, 0.717) is 32.2 Å². The highest BCUT2D eigenvalue weighted by Crippen LogP contribution is 2.46. The molecule has 17 heavy (non-hydrogen) atoms. The summed E-state index contributed by atoms with van der Waals surface area (Å²) in [7, 11) is -3.33. The molecule has 2 aliphatic rings. The molecule has 98 valence electrons. The maximum atomic E-state index is 12.4. The van der Waals surface area contributed by atoms with E-state index in [-0.39, 0.29) is 0 Å². The van der Waals surface area contributed by atoms with Gasteiger partial charge in [-0.2, -0.15) is 4.31 Å². The van der Waals surface area contributed by atoms with Crippen LogP contribution in [0.25, 0.3) is 0 Å². The Bertz CT molecular complexity index is 427. The van der Waals surface area contributed by atoms with Gasteiger partial charge in [0.05, 0.1) is 10.7 Å². The van der Waals surface area contributed by atoms with Crippen LogP contribution < -0.4 is 0 Å². The molecule has 0 aromatic carbocycles. The highest BCUT2D eigenvalue weighted by molar-refractivity contribution is 7.90. The van der Waals surface area contributed by atoms with Crippen molar-refractivity contribution in [2.24, 2.45) is 5.92 Å². The second kappa shape index (κ2) is 3.95. The quantitative estimate of drug-likeness (QED) is 0.824. The van der Waals surface area contributed by atoms with Crippen LogP contribution in [-0.4, -0.2) is 41.1 Å². The van der Waals surface area contributed by atoms with E-state index in [2.05, 4.69) is 0 Å². The first-order valence-corrected chi connectivity index (χ1v) is 7.48. The smallest absolute Gasteiger partial charge is 0.308 e. The predicted molar refractivity (Wildman–Crippen MR) is 63.1 cm³/mol. The molecular formula is C11H19NO4S. The van der Waals surface area contributed by atoms with E-state index >= 15 is 0 Å². The van der Waals surface area contributed by atoms with Crippen molar-refractivity contribution in [1.29, 1.82) is 0 Å². The molecular weight excluding hydrogens is 242 g/mol. The summed E-state index contributed by atoms with van der Waals surface area (Å²) < 4.78 is 25.5. The number of nitrogens with zero attached hydrogens (tertiary/aromatic N) is 1. The largest absolute Gasteiger partial charge is 0.481 e. The van der Waals surface area contributed by atoms with Crippen molar-refractivity contribution in [2.75, 3.05) is 6.54 Å². The van der Waals surface area contributed by atoms with Gasteiger partial charge in [0.2, 0.25) is 10.0 Å². The first kappa shape index (κ1) is 12.8. The third kappa shape index (κ3) is 1.97. The topological polar surface area (TPSA) is 74.7 Å². The van der Waals surface area contributed by atoms with E-state index in [1.54, 1.807) is 13.8 Å². The maximum Gasteiger partial charge on any atom is 0.308 e.